The Morgan fingerprint density at radius 1 is 0.970 bits per heavy atom. The smallest absolute Gasteiger partial charge is 0.271 e. The summed E-state index contributed by atoms with van der Waals surface area (Å²) < 4.78 is 11.2. The molecule has 0 atom stereocenters. The van der Waals surface area contributed by atoms with Gasteiger partial charge in [0.1, 0.15) is 18.1 Å². The van der Waals surface area contributed by atoms with Gasteiger partial charge in [-0.25, -0.2) is 5.43 Å². The SMILES string of the molecule is CCOc1ccc(OCc2ccc(C(=O)NN=Cc3c[nH]c4c(CC)cccc34)cc2)cc1. The number of carbonyl (C=O) groups is 1. The van der Waals surface area contributed by atoms with Crippen LogP contribution in [0.1, 0.15) is 40.9 Å². The Labute approximate surface area is 193 Å². The van der Waals surface area contributed by atoms with Crippen LogP contribution < -0.4 is 14.9 Å². The number of hydrazone groups is 1. The molecule has 1 amide bonds. The molecule has 6 heteroatoms. The zero-order valence-electron chi connectivity index (χ0n) is 18.8. The average molecular weight is 442 g/mol. The molecule has 1 aromatic heterocycles. The average Bonchev–Trinajstić information content (AvgIpc) is 3.27. The number of aryl methyl sites for hydroxylation is 1. The molecule has 0 fully saturated rings. The molecule has 0 saturated carbocycles. The first-order valence-electron chi connectivity index (χ1n) is 11.0. The van der Waals surface area contributed by atoms with Gasteiger partial charge in [0.05, 0.1) is 12.8 Å². The molecule has 6 nitrogen and oxygen atoms in total. The summed E-state index contributed by atoms with van der Waals surface area (Å²) in [6.45, 7) is 5.12. The Bertz CT molecular complexity index is 1240. The highest BCUT2D eigenvalue weighted by molar-refractivity contribution is 6.01. The van der Waals surface area contributed by atoms with E-state index < -0.39 is 0 Å². The lowest BCUT2D eigenvalue weighted by Crippen LogP contribution is -2.17. The molecule has 0 unspecified atom stereocenters. The van der Waals surface area contributed by atoms with E-state index >= 15 is 0 Å². The van der Waals surface area contributed by atoms with E-state index in [9.17, 15) is 4.79 Å². The first-order chi connectivity index (χ1) is 16.2. The van der Waals surface area contributed by atoms with E-state index in [0.717, 1.165) is 39.9 Å². The number of ether oxygens (including phenoxy) is 2. The van der Waals surface area contributed by atoms with E-state index in [-0.39, 0.29) is 5.91 Å². The van der Waals surface area contributed by atoms with Gasteiger partial charge in [-0.1, -0.05) is 37.3 Å². The Morgan fingerprint density at radius 2 is 1.70 bits per heavy atom. The molecule has 0 radical (unpaired) electrons. The maximum Gasteiger partial charge on any atom is 0.271 e. The number of hydrogen-bond acceptors (Lipinski definition) is 4. The van der Waals surface area contributed by atoms with Gasteiger partial charge in [0.2, 0.25) is 0 Å². The van der Waals surface area contributed by atoms with E-state index in [2.05, 4.69) is 28.5 Å². The molecule has 0 bridgehead atoms. The second-order valence-corrected chi connectivity index (χ2v) is 7.53. The van der Waals surface area contributed by atoms with Crippen LogP contribution in [0.4, 0.5) is 0 Å². The van der Waals surface area contributed by atoms with Gasteiger partial charge in [-0.15, -0.1) is 0 Å². The van der Waals surface area contributed by atoms with Gasteiger partial charge in [0, 0.05) is 28.2 Å². The Balaban J connectivity index is 1.32. The van der Waals surface area contributed by atoms with Crippen molar-refractivity contribution in [2.45, 2.75) is 26.9 Å². The van der Waals surface area contributed by atoms with Gasteiger partial charge < -0.3 is 14.5 Å². The molecular weight excluding hydrogens is 414 g/mol. The molecule has 0 spiro atoms. The lowest BCUT2D eigenvalue weighted by Gasteiger charge is -2.08. The maximum atomic E-state index is 12.4. The van der Waals surface area contributed by atoms with Gasteiger partial charge in [0.15, 0.2) is 0 Å². The van der Waals surface area contributed by atoms with Crippen molar-refractivity contribution >= 4 is 23.0 Å². The van der Waals surface area contributed by atoms with Crippen LogP contribution in [0, 0.1) is 0 Å². The summed E-state index contributed by atoms with van der Waals surface area (Å²) in [5, 5.41) is 5.22. The number of H-pyrrole nitrogens is 1. The van der Waals surface area contributed by atoms with Crippen molar-refractivity contribution in [1.82, 2.24) is 10.4 Å². The highest BCUT2D eigenvalue weighted by Crippen LogP contribution is 2.21. The van der Waals surface area contributed by atoms with Gasteiger partial charge in [-0.05, 0) is 60.9 Å². The molecule has 2 N–H and O–H groups in total. The number of para-hydroxylation sites is 1. The van der Waals surface area contributed by atoms with Crippen molar-refractivity contribution in [1.29, 1.82) is 0 Å². The molecule has 168 valence electrons. The van der Waals surface area contributed by atoms with E-state index in [0.29, 0.717) is 18.8 Å². The lowest BCUT2D eigenvalue weighted by molar-refractivity contribution is 0.0955. The molecule has 0 aliphatic carbocycles. The van der Waals surface area contributed by atoms with Crippen LogP contribution in [0.2, 0.25) is 0 Å². The van der Waals surface area contributed by atoms with Crippen molar-refractivity contribution in [3.05, 3.63) is 95.2 Å². The summed E-state index contributed by atoms with van der Waals surface area (Å²) in [4.78, 5) is 15.7. The molecule has 1 heterocycles. The standard InChI is InChI=1S/C27H27N3O3/c1-3-20-6-5-7-25-22(16-28-26(20)25)17-29-30-27(31)21-10-8-19(9-11-21)18-33-24-14-12-23(13-15-24)32-4-2/h5-17,28H,3-4,18H2,1-2H3,(H,30,31). The molecule has 4 rings (SSSR count). The molecule has 0 saturated heterocycles. The molecule has 0 aliphatic heterocycles. The van der Waals surface area contributed by atoms with Gasteiger partial charge >= 0.3 is 0 Å². The minimum absolute atomic E-state index is 0.265. The summed E-state index contributed by atoms with van der Waals surface area (Å²) in [6.07, 6.45) is 4.51. The first-order valence-corrected chi connectivity index (χ1v) is 11.0. The number of nitrogens with zero attached hydrogens (tertiary/aromatic N) is 1. The predicted molar refractivity (Wildman–Crippen MR) is 131 cm³/mol. The summed E-state index contributed by atoms with van der Waals surface area (Å²) in [5.41, 5.74) is 7.39. The van der Waals surface area contributed by atoms with Crippen LogP contribution in [0.5, 0.6) is 11.5 Å². The Morgan fingerprint density at radius 3 is 2.39 bits per heavy atom. The number of hydrogen-bond donors (Lipinski definition) is 2. The van der Waals surface area contributed by atoms with Crippen LogP contribution in [0.25, 0.3) is 10.9 Å². The zero-order chi connectivity index (χ0) is 23.0. The summed E-state index contributed by atoms with van der Waals surface area (Å²) >= 11 is 0. The number of benzene rings is 3. The van der Waals surface area contributed by atoms with E-state index in [4.69, 9.17) is 9.47 Å². The second kappa shape index (κ2) is 10.5. The molecule has 0 aliphatic rings. The fourth-order valence-electron chi connectivity index (χ4n) is 3.58. The number of aromatic nitrogens is 1. The van der Waals surface area contributed by atoms with Crippen LogP contribution >= 0.6 is 0 Å². The van der Waals surface area contributed by atoms with E-state index in [1.54, 1.807) is 18.3 Å². The minimum Gasteiger partial charge on any atom is -0.494 e. The lowest BCUT2D eigenvalue weighted by atomic mass is 10.1. The van der Waals surface area contributed by atoms with Gasteiger partial charge in [0.25, 0.3) is 5.91 Å². The summed E-state index contributed by atoms with van der Waals surface area (Å²) in [6, 6.07) is 21.0. The van der Waals surface area contributed by atoms with Crippen molar-refractivity contribution in [3.8, 4) is 11.5 Å². The number of fused-ring (bicyclic) bond motifs is 1. The monoisotopic (exact) mass is 441 g/mol. The third-order valence-corrected chi connectivity index (χ3v) is 5.34. The van der Waals surface area contributed by atoms with Crippen LogP contribution in [-0.2, 0) is 13.0 Å². The zero-order valence-corrected chi connectivity index (χ0v) is 18.8. The second-order valence-electron chi connectivity index (χ2n) is 7.53. The Hall–Kier alpha value is -4.06. The number of amides is 1. The fraction of sp³-hybridized carbons (Fsp3) is 0.185. The normalized spacial score (nSPS) is 11.1. The van der Waals surface area contributed by atoms with Gasteiger partial charge in [-0.2, -0.15) is 5.10 Å². The predicted octanol–water partition coefficient (Wildman–Crippen LogP) is 5.47. The largest absolute Gasteiger partial charge is 0.494 e. The quantitative estimate of drug-likeness (QED) is 0.267. The van der Waals surface area contributed by atoms with E-state index in [1.165, 1.54) is 5.56 Å². The highest BCUT2D eigenvalue weighted by Gasteiger charge is 2.07. The topological polar surface area (TPSA) is 75.7 Å². The third kappa shape index (κ3) is 5.41. The van der Waals surface area contributed by atoms with Crippen molar-refractivity contribution in [3.63, 3.8) is 0 Å². The minimum atomic E-state index is -0.265. The van der Waals surface area contributed by atoms with Crippen LogP contribution in [0.15, 0.2) is 78.0 Å². The van der Waals surface area contributed by atoms with E-state index in [1.807, 2.05) is 61.7 Å². The van der Waals surface area contributed by atoms with Crippen molar-refractivity contribution < 1.29 is 14.3 Å². The van der Waals surface area contributed by atoms with Gasteiger partial charge in [-0.3, -0.25) is 4.79 Å². The highest BCUT2D eigenvalue weighted by atomic mass is 16.5. The maximum absolute atomic E-state index is 12.4. The number of nitrogens with one attached hydrogen (secondary N) is 2. The Kier molecular flexibility index (Phi) is 7.05. The molecule has 3 aromatic carbocycles. The third-order valence-electron chi connectivity index (χ3n) is 5.34. The summed E-state index contributed by atoms with van der Waals surface area (Å²) in [5.74, 6) is 1.32. The first kappa shape index (κ1) is 22.1. The number of aromatic amines is 1. The number of rotatable bonds is 9. The number of carbonyl (C=O) groups excluding carboxylic acids is 1. The fourth-order valence-corrected chi connectivity index (χ4v) is 3.58. The van der Waals surface area contributed by atoms with Crippen molar-refractivity contribution in [2.75, 3.05) is 6.61 Å². The molecule has 4 aromatic rings. The molecular formula is C27H27N3O3. The van der Waals surface area contributed by atoms with Crippen LogP contribution in [0.3, 0.4) is 0 Å². The summed E-state index contributed by atoms with van der Waals surface area (Å²) in [7, 11) is 0. The van der Waals surface area contributed by atoms with Crippen molar-refractivity contribution in [2.24, 2.45) is 5.10 Å². The molecule has 33 heavy (non-hydrogen) atoms. The van der Waals surface area contributed by atoms with Crippen LogP contribution in [-0.4, -0.2) is 23.7 Å².